The lowest BCUT2D eigenvalue weighted by Gasteiger charge is -2.23. The minimum Gasteiger partial charge on any atom is -0.480 e. The second-order valence-corrected chi connectivity index (χ2v) is 5.59. The third-order valence-electron chi connectivity index (χ3n) is 2.30. The van der Waals surface area contributed by atoms with Crippen LogP contribution in [0.4, 0.5) is 0 Å². The lowest BCUT2D eigenvalue weighted by molar-refractivity contribution is -0.136. The standard InChI is InChI=1S/C8H15NO5S/c1-6(8(10)11)15(12,13)9-7-3-2-4-14-5-7/h6-7,9H,2-5H2,1H3,(H,10,11). The number of rotatable bonds is 4. The van der Waals surface area contributed by atoms with Gasteiger partial charge < -0.3 is 9.84 Å². The van der Waals surface area contributed by atoms with Gasteiger partial charge in [0.25, 0.3) is 0 Å². The van der Waals surface area contributed by atoms with E-state index in [9.17, 15) is 13.2 Å². The summed E-state index contributed by atoms with van der Waals surface area (Å²) in [6, 6.07) is -0.300. The molecule has 0 bridgehead atoms. The van der Waals surface area contributed by atoms with Gasteiger partial charge in [-0.1, -0.05) is 0 Å². The molecule has 2 unspecified atom stereocenters. The van der Waals surface area contributed by atoms with E-state index in [-0.39, 0.29) is 6.04 Å². The van der Waals surface area contributed by atoms with Crippen LogP contribution in [0, 0.1) is 0 Å². The van der Waals surface area contributed by atoms with Gasteiger partial charge in [-0.25, -0.2) is 13.1 Å². The Morgan fingerprint density at radius 3 is 2.73 bits per heavy atom. The van der Waals surface area contributed by atoms with Crippen molar-refractivity contribution in [3.8, 4) is 0 Å². The van der Waals surface area contributed by atoms with Crippen LogP contribution in [0.15, 0.2) is 0 Å². The highest BCUT2D eigenvalue weighted by molar-refractivity contribution is 7.90. The summed E-state index contributed by atoms with van der Waals surface area (Å²) < 4.78 is 30.4. The first-order valence-corrected chi connectivity index (χ1v) is 6.30. The molecule has 0 aromatic rings. The fraction of sp³-hybridized carbons (Fsp3) is 0.875. The van der Waals surface area contributed by atoms with E-state index in [0.717, 1.165) is 13.3 Å². The minimum absolute atomic E-state index is 0.300. The first-order chi connectivity index (χ1) is 6.93. The van der Waals surface area contributed by atoms with Gasteiger partial charge in [0.15, 0.2) is 5.25 Å². The zero-order valence-corrected chi connectivity index (χ0v) is 9.29. The molecule has 0 amide bonds. The van der Waals surface area contributed by atoms with Crippen molar-refractivity contribution in [1.29, 1.82) is 0 Å². The molecule has 0 aliphatic carbocycles. The van der Waals surface area contributed by atoms with E-state index in [4.69, 9.17) is 9.84 Å². The summed E-state index contributed by atoms with van der Waals surface area (Å²) in [4.78, 5) is 10.5. The highest BCUT2D eigenvalue weighted by Gasteiger charge is 2.30. The maximum Gasteiger partial charge on any atom is 0.323 e. The third-order valence-corrected chi connectivity index (χ3v) is 4.10. The zero-order chi connectivity index (χ0) is 11.5. The number of nitrogens with one attached hydrogen (secondary N) is 1. The molecule has 0 radical (unpaired) electrons. The van der Waals surface area contributed by atoms with E-state index in [0.29, 0.717) is 19.6 Å². The quantitative estimate of drug-likeness (QED) is 0.691. The van der Waals surface area contributed by atoms with E-state index in [2.05, 4.69) is 4.72 Å². The Labute approximate surface area is 88.7 Å². The largest absolute Gasteiger partial charge is 0.480 e. The average Bonchev–Trinajstić information content (AvgIpc) is 2.17. The summed E-state index contributed by atoms with van der Waals surface area (Å²) in [6.07, 6.45) is 1.47. The lowest BCUT2D eigenvalue weighted by atomic mass is 10.1. The molecular weight excluding hydrogens is 222 g/mol. The van der Waals surface area contributed by atoms with Gasteiger partial charge in [-0.2, -0.15) is 0 Å². The molecule has 1 rings (SSSR count). The van der Waals surface area contributed by atoms with Crippen LogP contribution < -0.4 is 4.72 Å². The molecule has 0 spiro atoms. The molecule has 0 aromatic heterocycles. The van der Waals surface area contributed by atoms with Crippen LogP contribution in [0.25, 0.3) is 0 Å². The van der Waals surface area contributed by atoms with E-state index >= 15 is 0 Å². The van der Waals surface area contributed by atoms with Crippen LogP contribution in [0.1, 0.15) is 19.8 Å². The Balaban J connectivity index is 2.58. The number of carbonyl (C=O) groups is 1. The van der Waals surface area contributed by atoms with Gasteiger partial charge in [0.2, 0.25) is 10.0 Å². The van der Waals surface area contributed by atoms with Crippen LogP contribution in [0.5, 0.6) is 0 Å². The Morgan fingerprint density at radius 2 is 2.27 bits per heavy atom. The number of aliphatic carboxylic acids is 1. The SMILES string of the molecule is CC(C(=O)O)S(=O)(=O)NC1CCCOC1. The number of hydrogen-bond donors (Lipinski definition) is 2. The highest BCUT2D eigenvalue weighted by Crippen LogP contribution is 2.09. The van der Waals surface area contributed by atoms with Gasteiger partial charge in [0.1, 0.15) is 0 Å². The molecule has 7 heteroatoms. The topological polar surface area (TPSA) is 92.7 Å². The van der Waals surface area contributed by atoms with Crippen molar-refractivity contribution in [3.05, 3.63) is 0 Å². The van der Waals surface area contributed by atoms with Gasteiger partial charge in [-0.05, 0) is 19.8 Å². The molecular formula is C8H15NO5S. The van der Waals surface area contributed by atoms with Gasteiger partial charge in [0.05, 0.1) is 6.61 Å². The van der Waals surface area contributed by atoms with Crippen LogP contribution in [-0.2, 0) is 19.6 Å². The third kappa shape index (κ3) is 3.44. The molecule has 15 heavy (non-hydrogen) atoms. The molecule has 2 atom stereocenters. The van der Waals surface area contributed by atoms with Crippen molar-refractivity contribution in [1.82, 2.24) is 4.72 Å². The first kappa shape index (κ1) is 12.4. The number of hydrogen-bond acceptors (Lipinski definition) is 4. The van der Waals surface area contributed by atoms with Crippen molar-refractivity contribution in [2.24, 2.45) is 0 Å². The predicted octanol–water partition coefficient (Wildman–Crippen LogP) is -0.442. The summed E-state index contributed by atoms with van der Waals surface area (Å²) >= 11 is 0. The number of sulfonamides is 1. The Morgan fingerprint density at radius 1 is 1.60 bits per heavy atom. The van der Waals surface area contributed by atoms with Crippen molar-refractivity contribution >= 4 is 16.0 Å². The molecule has 0 saturated carbocycles. The van der Waals surface area contributed by atoms with Crippen LogP contribution >= 0.6 is 0 Å². The zero-order valence-electron chi connectivity index (χ0n) is 8.47. The van der Waals surface area contributed by atoms with Crippen LogP contribution in [0.2, 0.25) is 0 Å². The van der Waals surface area contributed by atoms with Gasteiger partial charge in [-0.3, -0.25) is 4.79 Å². The van der Waals surface area contributed by atoms with Crippen molar-refractivity contribution in [2.75, 3.05) is 13.2 Å². The van der Waals surface area contributed by atoms with Crippen LogP contribution in [0.3, 0.4) is 0 Å². The number of carboxylic acids is 1. The van der Waals surface area contributed by atoms with Crippen molar-refractivity contribution in [3.63, 3.8) is 0 Å². The van der Waals surface area contributed by atoms with Crippen molar-refractivity contribution in [2.45, 2.75) is 31.1 Å². The second kappa shape index (κ2) is 4.91. The normalized spacial score (nSPS) is 24.7. The first-order valence-electron chi connectivity index (χ1n) is 4.75. The lowest BCUT2D eigenvalue weighted by Crippen LogP contribution is -2.46. The molecule has 1 saturated heterocycles. The van der Waals surface area contributed by atoms with Gasteiger partial charge >= 0.3 is 5.97 Å². The van der Waals surface area contributed by atoms with E-state index in [1.165, 1.54) is 0 Å². The van der Waals surface area contributed by atoms with E-state index < -0.39 is 21.2 Å². The Kier molecular flexibility index (Phi) is 4.06. The average molecular weight is 237 g/mol. The molecule has 1 fully saturated rings. The smallest absolute Gasteiger partial charge is 0.323 e. The summed E-state index contributed by atoms with van der Waals surface area (Å²) in [5.41, 5.74) is 0. The summed E-state index contributed by atoms with van der Waals surface area (Å²) in [7, 11) is -3.79. The minimum atomic E-state index is -3.79. The Bertz CT molecular complexity index is 320. The molecule has 1 aliphatic heterocycles. The van der Waals surface area contributed by atoms with Crippen LogP contribution in [-0.4, -0.2) is 44.0 Å². The molecule has 88 valence electrons. The van der Waals surface area contributed by atoms with Gasteiger partial charge in [0, 0.05) is 12.6 Å². The molecule has 0 aromatic carbocycles. The summed E-state index contributed by atoms with van der Waals surface area (Å²) in [5, 5.41) is 7.17. The molecule has 1 aliphatic rings. The fourth-order valence-corrected chi connectivity index (χ4v) is 2.42. The molecule has 2 N–H and O–H groups in total. The molecule has 1 heterocycles. The molecule has 6 nitrogen and oxygen atoms in total. The predicted molar refractivity (Wildman–Crippen MR) is 53.0 cm³/mol. The fourth-order valence-electron chi connectivity index (χ4n) is 1.30. The highest BCUT2D eigenvalue weighted by atomic mass is 32.2. The second-order valence-electron chi connectivity index (χ2n) is 3.56. The number of ether oxygens (including phenoxy) is 1. The monoisotopic (exact) mass is 237 g/mol. The Hall–Kier alpha value is -0.660. The number of carboxylic acid groups (broad SMARTS) is 1. The van der Waals surface area contributed by atoms with Crippen molar-refractivity contribution < 1.29 is 23.1 Å². The maximum absolute atomic E-state index is 11.5. The summed E-state index contributed by atoms with van der Waals surface area (Å²) in [6.45, 7) is 2.09. The maximum atomic E-state index is 11.5. The summed E-state index contributed by atoms with van der Waals surface area (Å²) in [5.74, 6) is -1.35. The van der Waals surface area contributed by atoms with Gasteiger partial charge in [-0.15, -0.1) is 0 Å². The van der Waals surface area contributed by atoms with E-state index in [1.807, 2.05) is 0 Å². The van der Waals surface area contributed by atoms with E-state index in [1.54, 1.807) is 0 Å².